The Morgan fingerprint density at radius 3 is 2.53 bits per heavy atom. The third-order valence-electron chi connectivity index (χ3n) is 3.43. The van der Waals surface area contributed by atoms with E-state index in [4.69, 9.17) is 0 Å². The Hall–Kier alpha value is -1.16. The molecular formula is C13H18F2N2. The van der Waals surface area contributed by atoms with Crippen LogP contribution in [0.25, 0.3) is 0 Å². The zero-order valence-electron chi connectivity index (χ0n) is 10.3. The van der Waals surface area contributed by atoms with Gasteiger partial charge in [-0.05, 0) is 32.0 Å². The highest BCUT2D eigenvalue weighted by Crippen LogP contribution is 2.45. The van der Waals surface area contributed by atoms with Crippen LogP contribution in [0, 0.1) is 17.0 Å². The minimum absolute atomic E-state index is 0.314. The predicted octanol–water partition coefficient (Wildman–Crippen LogP) is 2.40. The van der Waals surface area contributed by atoms with Gasteiger partial charge in [0.1, 0.15) is 0 Å². The lowest BCUT2D eigenvalue weighted by Crippen LogP contribution is -2.32. The van der Waals surface area contributed by atoms with E-state index in [9.17, 15) is 8.78 Å². The molecule has 0 amide bonds. The molecule has 1 aliphatic carbocycles. The van der Waals surface area contributed by atoms with Crippen molar-refractivity contribution >= 4 is 5.69 Å². The van der Waals surface area contributed by atoms with Gasteiger partial charge in [0.25, 0.3) is 0 Å². The highest BCUT2D eigenvalue weighted by Gasteiger charge is 2.42. The number of hydrogen-bond donors (Lipinski definition) is 1. The number of hydrogen-bond acceptors (Lipinski definition) is 2. The molecular weight excluding hydrogens is 222 g/mol. The highest BCUT2D eigenvalue weighted by molar-refractivity contribution is 5.46. The van der Waals surface area contributed by atoms with E-state index in [1.165, 1.54) is 25.0 Å². The molecule has 2 nitrogen and oxygen atoms in total. The van der Waals surface area contributed by atoms with Gasteiger partial charge >= 0.3 is 0 Å². The average Bonchev–Trinajstić information content (AvgIpc) is 3.02. The largest absolute Gasteiger partial charge is 0.374 e. The first-order valence-corrected chi connectivity index (χ1v) is 5.87. The van der Waals surface area contributed by atoms with Crippen LogP contribution in [-0.4, -0.2) is 27.2 Å². The molecule has 1 saturated carbocycles. The van der Waals surface area contributed by atoms with E-state index in [0.29, 0.717) is 5.41 Å². The van der Waals surface area contributed by atoms with Gasteiger partial charge in [-0.3, -0.25) is 0 Å². The summed E-state index contributed by atoms with van der Waals surface area (Å²) >= 11 is 0. The van der Waals surface area contributed by atoms with E-state index in [2.05, 4.69) is 5.32 Å². The monoisotopic (exact) mass is 240 g/mol. The topological polar surface area (TPSA) is 15.3 Å². The minimum atomic E-state index is -0.793. The van der Waals surface area contributed by atoms with Gasteiger partial charge in [-0.2, -0.15) is 0 Å². The SMILES string of the molecule is CNCC1(CN(C)c2ccc(F)c(F)c2)CC1. The summed E-state index contributed by atoms with van der Waals surface area (Å²) in [5.41, 5.74) is 1.04. The van der Waals surface area contributed by atoms with Crippen LogP contribution < -0.4 is 10.2 Å². The average molecular weight is 240 g/mol. The van der Waals surface area contributed by atoms with Crippen molar-refractivity contribution in [1.82, 2.24) is 5.32 Å². The lowest BCUT2D eigenvalue weighted by Gasteiger charge is -2.25. The van der Waals surface area contributed by atoms with E-state index in [0.717, 1.165) is 18.8 Å². The summed E-state index contributed by atoms with van der Waals surface area (Å²) < 4.78 is 26.0. The molecule has 1 aromatic rings. The third kappa shape index (κ3) is 2.75. The maximum Gasteiger partial charge on any atom is 0.160 e. The van der Waals surface area contributed by atoms with Crippen molar-refractivity contribution in [1.29, 1.82) is 0 Å². The Labute approximate surface area is 101 Å². The molecule has 0 heterocycles. The predicted molar refractivity (Wildman–Crippen MR) is 65.2 cm³/mol. The number of rotatable bonds is 5. The second-order valence-electron chi connectivity index (χ2n) is 4.98. The molecule has 0 atom stereocenters. The molecule has 0 saturated heterocycles. The van der Waals surface area contributed by atoms with Crippen LogP contribution in [0.4, 0.5) is 14.5 Å². The first kappa shape index (κ1) is 12.3. The van der Waals surface area contributed by atoms with Crippen LogP contribution in [0.2, 0.25) is 0 Å². The molecule has 0 spiro atoms. The molecule has 94 valence electrons. The molecule has 0 bridgehead atoms. The molecule has 4 heteroatoms. The molecule has 17 heavy (non-hydrogen) atoms. The Kier molecular flexibility index (Phi) is 3.33. The van der Waals surface area contributed by atoms with Crippen LogP contribution in [0.5, 0.6) is 0 Å². The maximum atomic E-state index is 13.1. The van der Waals surface area contributed by atoms with E-state index >= 15 is 0 Å². The fraction of sp³-hybridized carbons (Fsp3) is 0.538. The van der Waals surface area contributed by atoms with Gasteiger partial charge in [0.2, 0.25) is 0 Å². The van der Waals surface area contributed by atoms with E-state index in [1.54, 1.807) is 6.07 Å². The minimum Gasteiger partial charge on any atom is -0.374 e. The summed E-state index contributed by atoms with van der Waals surface area (Å²) in [6.45, 7) is 1.85. The van der Waals surface area contributed by atoms with Gasteiger partial charge in [0.15, 0.2) is 11.6 Å². The molecule has 1 fully saturated rings. The van der Waals surface area contributed by atoms with Crippen molar-refractivity contribution in [2.75, 3.05) is 32.1 Å². The van der Waals surface area contributed by atoms with E-state index in [-0.39, 0.29) is 0 Å². The molecule has 1 aromatic carbocycles. The van der Waals surface area contributed by atoms with Crippen LogP contribution in [0.15, 0.2) is 18.2 Å². The third-order valence-corrected chi connectivity index (χ3v) is 3.43. The zero-order chi connectivity index (χ0) is 12.5. The van der Waals surface area contributed by atoms with E-state index < -0.39 is 11.6 Å². The smallest absolute Gasteiger partial charge is 0.160 e. The number of nitrogens with zero attached hydrogens (tertiary/aromatic N) is 1. The van der Waals surface area contributed by atoms with Crippen molar-refractivity contribution in [3.8, 4) is 0 Å². The lowest BCUT2D eigenvalue weighted by atomic mass is 10.1. The summed E-state index contributed by atoms with van der Waals surface area (Å²) in [5.74, 6) is -1.58. The van der Waals surface area contributed by atoms with E-state index in [1.807, 2.05) is 19.0 Å². The Balaban J connectivity index is 2.04. The van der Waals surface area contributed by atoms with Gasteiger partial charge < -0.3 is 10.2 Å². The van der Waals surface area contributed by atoms with Crippen molar-refractivity contribution in [3.63, 3.8) is 0 Å². The van der Waals surface area contributed by atoms with Gasteiger partial charge in [0, 0.05) is 37.3 Å². The van der Waals surface area contributed by atoms with Crippen LogP contribution >= 0.6 is 0 Å². The second kappa shape index (κ2) is 4.61. The second-order valence-corrected chi connectivity index (χ2v) is 4.98. The fourth-order valence-corrected chi connectivity index (χ4v) is 2.26. The van der Waals surface area contributed by atoms with Crippen LogP contribution in [0.1, 0.15) is 12.8 Å². The first-order valence-electron chi connectivity index (χ1n) is 5.87. The number of anilines is 1. The lowest BCUT2D eigenvalue weighted by molar-refractivity contribution is 0.480. The standard InChI is InChI=1S/C13H18F2N2/c1-16-8-13(5-6-13)9-17(2)10-3-4-11(14)12(15)7-10/h3-4,7,16H,5-6,8-9H2,1-2H3. The van der Waals surface area contributed by atoms with Crippen molar-refractivity contribution < 1.29 is 8.78 Å². The van der Waals surface area contributed by atoms with Crippen molar-refractivity contribution in [2.45, 2.75) is 12.8 Å². The number of nitrogens with one attached hydrogen (secondary N) is 1. The summed E-state index contributed by atoms with van der Waals surface area (Å²) in [6.07, 6.45) is 2.39. The summed E-state index contributed by atoms with van der Waals surface area (Å²) in [7, 11) is 3.86. The summed E-state index contributed by atoms with van der Waals surface area (Å²) in [6, 6.07) is 4.05. The molecule has 0 unspecified atom stereocenters. The number of benzene rings is 1. The maximum absolute atomic E-state index is 13.1. The normalized spacial score (nSPS) is 16.9. The van der Waals surface area contributed by atoms with Crippen molar-refractivity contribution in [2.24, 2.45) is 5.41 Å². The van der Waals surface area contributed by atoms with Crippen molar-refractivity contribution in [3.05, 3.63) is 29.8 Å². The Morgan fingerprint density at radius 2 is 2.00 bits per heavy atom. The molecule has 0 aromatic heterocycles. The van der Waals surface area contributed by atoms with Crippen LogP contribution in [-0.2, 0) is 0 Å². The quantitative estimate of drug-likeness (QED) is 0.850. The summed E-state index contributed by atoms with van der Waals surface area (Å²) in [4.78, 5) is 1.99. The van der Waals surface area contributed by atoms with Gasteiger partial charge in [-0.25, -0.2) is 8.78 Å². The Bertz CT molecular complexity index is 402. The van der Waals surface area contributed by atoms with Crippen LogP contribution in [0.3, 0.4) is 0 Å². The molecule has 1 aliphatic rings. The highest BCUT2D eigenvalue weighted by atomic mass is 19.2. The van der Waals surface area contributed by atoms with Gasteiger partial charge in [-0.15, -0.1) is 0 Å². The number of halogens is 2. The fourth-order valence-electron chi connectivity index (χ4n) is 2.26. The van der Waals surface area contributed by atoms with Gasteiger partial charge in [-0.1, -0.05) is 0 Å². The summed E-state index contributed by atoms with van der Waals surface area (Å²) in [5, 5.41) is 3.19. The Morgan fingerprint density at radius 1 is 1.29 bits per heavy atom. The molecule has 1 N–H and O–H groups in total. The molecule has 0 aliphatic heterocycles. The van der Waals surface area contributed by atoms with Gasteiger partial charge in [0.05, 0.1) is 0 Å². The molecule has 0 radical (unpaired) electrons. The molecule has 2 rings (SSSR count). The first-order chi connectivity index (χ1) is 8.06. The zero-order valence-corrected chi connectivity index (χ0v) is 10.3.